The lowest BCUT2D eigenvalue weighted by atomic mass is 10.1. The van der Waals surface area contributed by atoms with Crippen molar-refractivity contribution in [2.75, 3.05) is 82.4 Å². The number of piperazine rings is 2. The number of para-hydroxylation sites is 2. The van der Waals surface area contributed by atoms with E-state index in [-0.39, 0.29) is 0 Å². The molecule has 2 aliphatic heterocycles. The Morgan fingerprint density at radius 3 is 2.19 bits per heavy atom. The molecule has 2 heterocycles. The van der Waals surface area contributed by atoms with Crippen LogP contribution in [0.25, 0.3) is 0 Å². The van der Waals surface area contributed by atoms with Crippen LogP contribution in [0, 0.1) is 13.8 Å². The molecule has 202 valence electrons. The molecule has 2 saturated heterocycles. The fourth-order valence-electron chi connectivity index (χ4n) is 5.40. The molecule has 0 saturated carbocycles. The maximum atomic E-state index is 12.6. The minimum Gasteiger partial charge on any atom is -0.491 e. The van der Waals surface area contributed by atoms with Crippen LogP contribution in [0.2, 0.25) is 0 Å². The van der Waals surface area contributed by atoms with Gasteiger partial charge in [0, 0.05) is 64.5 Å². The average Bonchev–Trinajstić information content (AvgIpc) is 2.91. The Hall–Kier alpha value is -2.57. The summed E-state index contributed by atoms with van der Waals surface area (Å²) >= 11 is 0. The van der Waals surface area contributed by atoms with Gasteiger partial charge < -0.3 is 19.4 Å². The highest BCUT2D eigenvalue weighted by molar-refractivity contribution is 5.80. The number of ketones is 1. The molecule has 0 aliphatic carbocycles. The van der Waals surface area contributed by atoms with Gasteiger partial charge in [0.25, 0.3) is 0 Å². The Bertz CT molecular complexity index is 994. The van der Waals surface area contributed by atoms with Gasteiger partial charge in [-0.25, -0.2) is 0 Å². The number of likely N-dealkylation sites (N-methyl/N-ethyl adjacent to an activating group) is 1. The number of benzene rings is 2. The van der Waals surface area contributed by atoms with E-state index in [1.807, 2.05) is 0 Å². The minimum absolute atomic E-state index is 0.387. The van der Waals surface area contributed by atoms with Crippen molar-refractivity contribution in [1.29, 1.82) is 0 Å². The Labute approximate surface area is 224 Å². The number of rotatable bonds is 12. The highest BCUT2D eigenvalue weighted by Gasteiger charge is 2.20. The molecule has 6 heteroatoms. The topological polar surface area (TPSA) is 39.3 Å². The third-order valence-electron chi connectivity index (χ3n) is 8.01. The van der Waals surface area contributed by atoms with Crippen molar-refractivity contribution in [2.45, 2.75) is 46.0 Å². The first-order valence-corrected chi connectivity index (χ1v) is 14.2. The van der Waals surface area contributed by atoms with E-state index in [0.29, 0.717) is 18.7 Å². The van der Waals surface area contributed by atoms with E-state index >= 15 is 0 Å². The zero-order valence-electron chi connectivity index (χ0n) is 23.3. The summed E-state index contributed by atoms with van der Waals surface area (Å²) in [5.41, 5.74) is 5.28. The molecule has 2 aliphatic rings. The molecule has 0 unspecified atom stereocenters. The Balaban J connectivity index is 1.07. The van der Waals surface area contributed by atoms with Gasteiger partial charge in [-0.3, -0.25) is 9.69 Å². The number of hydrogen-bond acceptors (Lipinski definition) is 6. The first kappa shape index (κ1) is 27.5. The molecule has 0 spiro atoms. The average molecular weight is 507 g/mol. The summed E-state index contributed by atoms with van der Waals surface area (Å²) in [7, 11) is 2.18. The second-order valence-electron chi connectivity index (χ2n) is 10.8. The van der Waals surface area contributed by atoms with Gasteiger partial charge in [-0.1, -0.05) is 37.1 Å². The van der Waals surface area contributed by atoms with Crippen LogP contribution >= 0.6 is 0 Å². The quantitative estimate of drug-likeness (QED) is 0.386. The molecule has 0 atom stereocenters. The van der Waals surface area contributed by atoms with Gasteiger partial charge in [0.1, 0.15) is 11.5 Å². The van der Waals surface area contributed by atoms with Crippen LogP contribution < -0.4 is 14.5 Å². The smallest absolute Gasteiger partial charge is 0.146 e. The van der Waals surface area contributed by atoms with E-state index < -0.39 is 0 Å². The number of Topliss-reactive ketones (excluding diaryl/α,β-unsaturated/α-hetero) is 1. The van der Waals surface area contributed by atoms with E-state index in [9.17, 15) is 4.79 Å². The third-order valence-corrected chi connectivity index (χ3v) is 8.01. The third kappa shape index (κ3) is 7.96. The first-order chi connectivity index (χ1) is 18.0. The van der Waals surface area contributed by atoms with Crippen molar-refractivity contribution < 1.29 is 9.53 Å². The van der Waals surface area contributed by atoms with Gasteiger partial charge in [-0.2, -0.15) is 0 Å². The first-order valence-electron chi connectivity index (χ1n) is 14.2. The number of nitrogens with zero attached hydrogens (tertiary/aromatic N) is 4. The van der Waals surface area contributed by atoms with E-state index in [0.717, 1.165) is 90.4 Å². The maximum absolute atomic E-state index is 12.6. The molecule has 0 aromatic heterocycles. The zero-order chi connectivity index (χ0) is 26.0. The van der Waals surface area contributed by atoms with Crippen LogP contribution in [0.1, 0.15) is 43.2 Å². The summed E-state index contributed by atoms with van der Waals surface area (Å²) in [5.74, 6) is 1.39. The van der Waals surface area contributed by atoms with Crippen molar-refractivity contribution in [3.05, 3.63) is 53.6 Å². The van der Waals surface area contributed by atoms with Crippen LogP contribution in [0.3, 0.4) is 0 Å². The molecule has 6 nitrogen and oxygen atoms in total. The lowest BCUT2D eigenvalue weighted by Crippen LogP contribution is -2.48. The molecule has 0 radical (unpaired) electrons. The summed E-state index contributed by atoms with van der Waals surface area (Å²) in [6.07, 6.45) is 4.92. The number of carbonyl (C=O) groups excluding carboxylic acids is 1. The van der Waals surface area contributed by atoms with Gasteiger partial charge in [0.15, 0.2) is 0 Å². The number of aryl methyl sites for hydroxylation is 1. The predicted molar refractivity (Wildman–Crippen MR) is 154 cm³/mol. The molecule has 0 bridgehead atoms. The molecule has 37 heavy (non-hydrogen) atoms. The summed E-state index contributed by atoms with van der Waals surface area (Å²) in [6.45, 7) is 13.9. The number of carbonyl (C=O) groups is 1. The molecule has 0 amide bonds. The van der Waals surface area contributed by atoms with Crippen molar-refractivity contribution in [1.82, 2.24) is 9.80 Å². The molecule has 2 fully saturated rings. The Morgan fingerprint density at radius 1 is 0.757 bits per heavy atom. The number of ether oxygens (including phenoxy) is 1. The summed E-state index contributed by atoms with van der Waals surface area (Å²) < 4.78 is 6.17. The molecule has 2 aromatic carbocycles. The highest BCUT2D eigenvalue weighted by atomic mass is 16.5. The molecular formula is C31H46N4O2. The SMILES string of the molecule is Cc1cccc(N2CCN(CC(=O)CCCCCCOc3ccccc3N3CCN(C)CC3)CC2)c1C. The summed E-state index contributed by atoms with van der Waals surface area (Å²) in [5, 5.41) is 0. The van der Waals surface area contributed by atoms with Gasteiger partial charge in [-0.05, 0) is 63.1 Å². The monoisotopic (exact) mass is 506 g/mol. The maximum Gasteiger partial charge on any atom is 0.146 e. The summed E-state index contributed by atoms with van der Waals surface area (Å²) in [6, 6.07) is 15.0. The van der Waals surface area contributed by atoms with Crippen molar-refractivity contribution in [2.24, 2.45) is 0 Å². The van der Waals surface area contributed by atoms with Gasteiger partial charge in [-0.15, -0.1) is 0 Å². The zero-order valence-corrected chi connectivity index (χ0v) is 23.3. The van der Waals surface area contributed by atoms with E-state index in [1.165, 1.54) is 22.5 Å². The standard InChI is InChI=1S/C31H46N4O2/c1-26-11-10-14-29(27(26)2)34-22-18-33(19-23-34)25-28(36)12-6-4-5-9-24-37-31-15-8-7-13-30(31)35-20-16-32(3)17-21-35/h7-8,10-11,13-15H,4-6,9,12,16-25H2,1-3H3. The number of unbranched alkanes of at least 4 members (excludes halogenated alkanes) is 3. The van der Waals surface area contributed by atoms with Crippen molar-refractivity contribution in [3.8, 4) is 5.75 Å². The van der Waals surface area contributed by atoms with Crippen LogP contribution in [0.4, 0.5) is 11.4 Å². The predicted octanol–water partition coefficient (Wildman–Crippen LogP) is 4.78. The molecule has 0 N–H and O–H groups in total. The molecule has 2 aromatic rings. The number of hydrogen-bond donors (Lipinski definition) is 0. The highest BCUT2D eigenvalue weighted by Crippen LogP contribution is 2.29. The van der Waals surface area contributed by atoms with Crippen LogP contribution in [-0.2, 0) is 4.79 Å². The van der Waals surface area contributed by atoms with Gasteiger partial charge >= 0.3 is 0 Å². The lowest BCUT2D eigenvalue weighted by Gasteiger charge is -2.36. The molecule has 4 rings (SSSR count). The van der Waals surface area contributed by atoms with Crippen LogP contribution in [-0.4, -0.2) is 88.1 Å². The van der Waals surface area contributed by atoms with Gasteiger partial charge in [0.2, 0.25) is 0 Å². The number of anilines is 2. The van der Waals surface area contributed by atoms with Crippen molar-refractivity contribution >= 4 is 17.2 Å². The Morgan fingerprint density at radius 2 is 1.41 bits per heavy atom. The van der Waals surface area contributed by atoms with E-state index in [4.69, 9.17) is 4.74 Å². The largest absolute Gasteiger partial charge is 0.491 e. The Kier molecular flexibility index (Phi) is 10.3. The lowest BCUT2D eigenvalue weighted by molar-refractivity contribution is -0.120. The minimum atomic E-state index is 0.387. The van der Waals surface area contributed by atoms with E-state index in [2.05, 4.69) is 83.0 Å². The van der Waals surface area contributed by atoms with Crippen LogP contribution in [0.15, 0.2) is 42.5 Å². The summed E-state index contributed by atoms with van der Waals surface area (Å²) in [4.78, 5) is 22.2. The fourth-order valence-corrected chi connectivity index (χ4v) is 5.40. The normalized spacial score (nSPS) is 17.3. The fraction of sp³-hybridized carbons (Fsp3) is 0.581. The van der Waals surface area contributed by atoms with Crippen LogP contribution in [0.5, 0.6) is 5.75 Å². The van der Waals surface area contributed by atoms with Gasteiger partial charge in [0.05, 0.1) is 18.8 Å². The molecular weight excluding hydrogens is 460 g/mol. The van der Waals surface area contributed by atoms with Crippen molar-refractivity contribution in [3.63, 3.8) is 0 Å². The second kappa shape index (κ2) is 13.8. The van der Waals surface area contributed by atoms with E-state index in [1.54, 1.807) is 0 Å². The second-order valence-corrected chi connectivity index (χ2v) is 10.8.